The first-order valence-corrected chi connectivity index (χ1v) is 10.1. The number of hydrogen-bond donors (Lipinski definition) is 2. The second-order valence-electron chi connectivity index (χ2n) is 7.49. The number of carboxylic acid groups (broad SMARTS) is 1. The molecule has 2 aromatic heterocycles. The highest BCUT2D eigenvalue weighted by Crippen LogP contribution is 2.47. The Balaban J connectivity index is 1.51. The maximum absolute atomic E-state index is 11.2. The Bertz CT molecular complexity index is 847. The molecule has 0 spiro atoms. The average Bonchev–Trinajstić information content (AvgIpc) is 3.26. The van der Waals surface area contributed by atoms with Crippen LogP contribution >= 0.6 is 22.9 Å². The minimum absolute atomic E-state index is 0.0621. The van der Waals surface area contributed by atoms with Gasteiger partial charge in [0.25, 0.3) is 0 Å². The number of nitrogens with zero attached hydrogens (tertiary/aromatic N) is 4. The van der Waals surface area contributed by atoms with Crippen molar-refractivity contribution in [1.82, 2.24) is 14.9 Å². The number of hydrogen-bond acceptors (Lipinski definition) is 7. The first-order chi connectivity index (χ1) is 12.9. The van der Waals surface area contributed by atoms with Crippen LogP contribution in [0.15, 0.2) is 24.4 Å². The van der Waals surface area contributed by atoms with Gasteiger partial charge in [-0.25, -0.2) is 4.98 Å². The van der Waals surface area contributed by atoms with Gasteiger partial charge in [0.2, 0.25) is 5.95 Å². The lowest BCUT2D eigenvalue weighted by atomic mass is 9.77. The van der Waals surface area contributed by atoms with Crippen molar-refractivity contribution >= 4 is 40.7 Å². The zero-order chi connectivity index (χ0) is 19.0. The van der Waals surface area contributed by atoms with Crippen LogP contribution in [-0.4, -0.2) is 52.1 Å². The second-order valence-corrected chi connectivity index (χ2v) is 9.29. The SMILES string of the molecule is Nc1ccnc(N2CC3CN(Cc4ccc(Cl)s4)CC3(CCC(=O)O)C2)n1. The standard InChI is InChI=1S/C18H22ClN5O2S/c19-14-2-1-13(27-14)9-23-7-12-8-24(17-21-6-4-15(20)22-17)11-18(12,10-23)5-3-16(25)26/h1-2,4,6,12H,3,5,7-11H2,(H,25,26)(H2,20,21,22). The maximum atomic E-state index is 11.2. The van der Waals surface area contributed by atoms with Gasteiger partial charge in [0.05, 0.1) is 4.34 Å². The van der Waals surface area contributed by atoms with Crippen LogP contribution in [0, 0.1) is 11.3 Å². The summed E-state index contributed by atoms with van der Waals surface area (Å²) >= 11 is 7.66. The van der Waals surface area contributed by atoms with E-state index >= 15 is 0 Å². The fourth-order valence-corrected chi connectivity index (χ4v) is 5.58. The number of thiophene rings is 1. The van der Waals surface area contributed by atoms with Crippen molar-refractivity contribution in [2.24, 2.45) is 11.3 Å². The van der Waals surface area contributed by atoms with Gasteiger partial charge in [-0.2, -0.15) is 4.98 Å². The van der Waals surface area contributed by atoms with Gasteiger partial charge in [-0.3, -0.25) is 9.69 Å². The number of nitrogen functional groups attached to an aromatic ring is 1. The van der Waals surface area contributed by atoms with E-state index in [1.54, 1.807) is 23.6 Å². The molecule has 0 amide bonds. The van der Waals surface area contributed by atoms with Gasteiger partial charge >= 0.3 is 5.97 Å². The van der Waals surface area contributed by atoms with Crippen LogP contribution < -0.4 is 10.6 Å². The molecule has 2 aliphatic heterocycles. The van der Waals surface area contributed by atoms with Gasteiger partial charge in [0, 0.05) is 55.6 Å². The van der Waals surface area contributed by atoms with Crippen LogP contribution in [0.4, 0.5) is 11.8 Å². The van der Waals surface area contributed by atoms with Crippen LogP contribution in [0.5, 0.6) is 0 Å². The Morgan fingerprint density at radius 2 is 2.22 bits per heavy atom. The number of fused-ring (bicyclic) bond motifs is 1. The van der Waals surface area contributed by atoms with Crippen LogP contribution in [0.3, 0.4) is 0 Å². The molecule has 2 unspecified atom stereocenters. The molecule has 2 aromatic rings. The highest BCUT2D eigenvalue weighted by atomic mass is 35.5. The molecular weight excluding hydrogens is 386 g/mol. The number of aromatic nitrogens is 2. The number of anilines is 2. The molecular formula is C18H22ClN5O2S. The monoisotopic (exact) mass is 407 g/mol. The second kappa shape index (κ2) is 7.26. The quantitative estimate of drug-likeness (QED) is 0.759. The summed E-state index contributed by atoms with van der Waals surface area (Å²) in [7, 11) is 0. The Morgan fingerprint density at radius 3 is 2.93 bits per heavy atom. The van der Waals surface area contributed by atoms with Crippen molar-refractivity contribution < 1.29 is 9.90 Å². The molecule has 0 aliphatic carbocycles. The lowest BCUT2D eigenvalue weighted by molar-refractivity contribution is -0.137. The summed E-state index contributed by atoms with van der Waals surface area (Å²) in [5, 5.41) is 9.23. The summed E-state index contributed by atoms with van der Waals surface area (Å²) in [5.74, 6) is 0.728. The Labute approximate surface area is 166 Å². The van der Waals surface area contributed by atoms with E-state index in [2.05, 4.69) is 25.8 Å². The van der Waals surface area contributed by atoms with E-state index in [-0.39, 0.29) is 11.8 Å². The largest absolute Gasteiger partial charge is 0.481 e. The number of likely N-dealkylation sites (tertiary alicyclic amines) is 1. The molecule has 7 nitrogen and oxygen atoms in total. The number of rotatable bonds is 6. The molecule has 27 heavy (non-hydrogen) atoms. The number of nitrogens with two attached hydrogens (primary N) is 1. The molecule has 0 bridgehead atoms. The summed E-state index contributed by atoms with van der Waals surface area (Å²) in [6, 6.07) is 5.67. The van der Waals surface area contributed by atoms with Crippen molar-refractivity contribution in [1.29, 1.82) is 0 Å². The fraction of sp³-hybridized carbons (Fsp3) is 0.500. The lowest BCUT2D eigenvalue weighted by Crippen LogP contribution is -2.35. The molecule has 0 radical (unpaired) electrons. The minimum atomic E-state index is -0.745. The molecule has 144 valence electrons. The number of carbonyl (C=O) groups is 1. The van der Waals surface area contributed by atoms with E-state index < -0.39 is 5.97 Å². The van der Waals surface area contributed by atoms with E-state index in [0.717, 1.165) is 37.1 Å². The summed E-state index contributed by atoms with van der Waals surface area (Å²) in [6.45, 7) is 4.26. The van der Waals surface area contributed by atoms with Gasteiger partial charge < -0.3 is 15.7 Å². The fourth-order valence-electron chi connectivity index (χ4n) is 4.45. The molecule has 2 fully saturated rings. The van der Waals surface area contributed by atoms with Crippen molar-refractivity contribution in [3.63, 3.8) is 0 Å². The number of halogens is 1. The molecule has 0 aromatic carbocycles. The van der Waals surface area contributed by atoms with E-state index in [1.807, 2.05) is 6.07 Å². The molecule has 2 atom stereocenters. The van der Waals surface area contributed by atoms with Crippen molar-refractivity contribution in [3.05, 3.63) is 33.6 Å². The minimum Gasteiger partial charge on any atom is -0.481 e. The smallest absolute Gasteiger partial charge is 0.303 e. The molecule has 4 rings (SSSR count). The third-order valence-electron chi connectivity index (χ3n) is 5.62. The summed E-state index contributed by atoms with van der Waals surface area (Å²) in [5.41, 5.74) is 5.75. The number of carboxylic acids is 1. The molecule has 0 saturated carbocycles. The van der Waals surface area contributed by atoms with Crippen molar-refractivity contribution in [2.45, 2.75) is 19.4 Å². The molecule has 9 heteroatoms. The van der Waals surface area contributed by atoms with E-state index in [9.17, 15) is 9.90 Å². The van der Waals surface area contributed by atoms with Crippen molar-refractivity contribution in [3.8, 4) is 0 Å². The molecule has 2 saturated heterocycles. The average molecular weight is 408 g/mol. The van der Waals surface area contributed by atoms with E-state index in [4.69, 9.17) is 17.3 Å². The first-order valence-electron chi connectivity index (χ1n) is 8.95. The third kappa shape index (κ3) is 3.88. The van der Waals surface area contributed by atoms with Gasteiger partial charge in [-0.1, -0.05) is 11.6 Å². The Morgan fingerprint density at radius 1 is 1.37 bits per heavy atom. The molecule has 4 heterocycles. The predicted octanol–water partition coefficient (Wildman–Crippen LogP) is 2.58. The topological polar surface area (TPSA) is 95.6 Å². The zero-order valence-corrected chi connectivity index (χ0v) is 16.4. The van der Waals surface area contributed by atoms with Crippen LogP contribution in [0.2, 0.25) is 4.34 Å². The normalized spacial score (nSPS) is 25.1. The molecule has 3 N–H and O–H groups in total. The van der Waals surface area contributed by atoms with Gasteiger partial charge in [0.15, 0.2) is 0 Å². The van der Waals surface area contributed by atoms with Crippen molar-refractivity contribution in [2.75, 3.05) is 36.8 Å². The summed E-state index contributed by atoms with van der Waals surface area (Å²) in [4.78, 5) is 25.8. The van der Waals surface area contributed by atoms with E-state index in [0.29, 0.717) is 24.1 Å². The van der Waals surface area contributed by atoms with Crippen LogP contribution in [0.25, 0.3) is 0 Å². The van der Waals surface area contributed by atoms with E-state index in [1.165, 1.54) is 4.88 Å². The predicted molar refractivity (Wildman–Crippen MR) is 106 cm³/mol. The first kappa shape index (κ1) is 18.5. The third-order valence-corrected chi connectivity index (χ3v) is 6.84. The highest BCUT2D eigenvalue weighted by molar-refractivity contribution is 7.16. The lowest BCUT2D eigenvalue weighted by Gasteiger charge is -2.29. The Kier molecular flexibility index (Phi) is 4.96. The Hall–Kier alpha value is -1.90. The number of aliphatic carboxylic acids is 1. The highest BCUT2D eigenvalue weighted by Gasteiger charge is 2.52. The summed E-state index contributed by atoms with van der Waals surface area (Å²) < 4.78 is 0.801. The van der Waals surface area contributed by atoms with Gasteiger partial charge in [0.1, 0.15) is 5.82 Å². The zero-order valence-electron chi connectivity index (χ0n) is 14.8. The summed E-state index contributed by atoms with van der Waals surface area (Å²) in [6.07, 6.45) is 2.51. The van der Waals surface area contributed by atoms with Gasteiger partial charge in [-0.05, 0) is 30.5 Å². The van der Waals surface area contributed by atoms with Gasteiger partial charge in [-0.15, -0.1) is 11.3 Å². The maximum Gasteiger partial charge on any atom is 0.303 e. The van der Waals surface area contributed by atoms with Crippen LogP contribution in [-0.2, 0) is 11.3 Å². The molecule has 2 aliphatic rings. The van der Waals surface area contributed by atoms with Crippen LogP contribution in [0.1, 0.15) is 17.7 Å².